The molecule has 1 aromatic carbocycles. The Balaban J connectivity index is 0.00000200. The molecule has 1 fully saturated rings. The van der Waals surface area contributed by atoms with Gasteiger partial charge in [-0.15, -0.1) is 12.4 Å². The minimum atomic E-state index is -0.695. The number of ether oxygens (including phenoxy) is 1. The summed E-state index contributed by atoms with van der Waals surface area (Å²) in [7, 11) is 1.58. The average Bonchev–Trinajstić information content (AvgIpc) is 2.85. The molecule has 112 valence electrons. The number of carbonyl (C=O) groups excluding carboxylic acids is 1. The van der Waals surface area contributed by atoms with Crippen LogP contribution >= 0.6 is 24.0 Å². The van der Waals surface area contributed by atoms with Gasteiger partial charge < -0.3 is 15.8 Å². The zero-order valence-corrected chi connectivity index (χ0v) is 13.0. The summed E-state index contributed by atoms with van der Waals surface area (Å²) >= 11 is 5.90. The van der Waals surface area contributed by atoms with Crippen LogP contribution in [0.25, 0.3) is 0 Å². The van der Waals surface area contributed by atoms with E-state index in [-0.39, 0.29) is 18.3 Å². The first kappa shape index (κ1) is 17.1. The molecule has 1 aromatic rings. The summed E-state index contributed by atoms with van der Waals surface area (Å²) < 4.78 is 5.24. The van der Waals surface area contributed by atoms with E-state index in [1.165, 1.54) is 0 Å². The molecule has 1 aliphatic rings. The SMILES string of the molecule is COc1cc(Cl)ccc1CNC(=O)C1(N)CCCC1.Cl. The predicted octanol–water partition coefficient (Wildman–Crippen LogP) is 2.66. The van der Waals surface area contributed by atoms with Gasteiger partial charge in [-0.1, -0.05) is 30.5 Å². The summed E-state index contributed by atoms with van der Waals surface area (Å²) in [6.07, 6.45) is 3.57. The molecule has 0 spiro atoms. The van der Waals surface area contributed by atoms with Crippen molar-refractivity contribution in [3.8, 4) is 5.75 Å². The zero-order valence-electron chi connectivity index (χ0n) is 11.4. The molecule has 20 heavy (non-hydrogen) atoms. The second-order valence-electron chi connectivity index (χ2n) is 5.00. The van der Waals surface area contributed by atoms with E-state index in [4.69, 9.17) is 22.1 Å². The average molecular weight is 319 g/mol. The van der Waals surface area contributed by atoms with Crippen LogP contribution in [-0.4, -0.2) is 18.6 Å². The molecule has 0 atom stereocenters. The van der Waals surface area contributed by atoms with Crippen molar-refractivity contribution in [2.24, 2.45) is 5.73 Å². The lowest BCUT2D eigenvalue weighted by molar-refractivity contribution is -0.126. The van der Waals surface area contributed by atoms with Crippen molar-refractivity contribution in [2.75, 3.05) is 7.11 Å². The van der Waals surface area contributed by atoms with Gasteiger partial charge in [0.05, 0.1) is 12.6 Å². The number of hydrogen-bond acceptors (Lipinski definition) is 3. The molecular formula is C14H20Cl2N2O2. The highest BCUT2D eigenvalue weighted by Crippen LogP contribution is 2.28. The Kier molecular flexibility index (Phi) is 6.11. The topological polar surface area (TPSA) is 64.3 Å². The van der Waals surface area contributed by atoms with Gasteiger partial charge in [0.1, 0.15) is 5.75 Å². The predicted molar refractivity (Wildman–Crippen MR) is 82.5 cm³/mol. The minimum Gasteiger partial charge on any atom is -0.496 e. The minimum absolute atomic E-state index is 0. The Morgan fingerprint density at radius 3 is 2.70 bits per heavy atom. The van der Waals surface area contributed by atoms with E-state index in [0.717, 1.165) is 31.2 Å². The first-order valence-electron chi connectivity index (χ1n) is 6.45. The fraction of sp³-hybridized carbons (Fsp3) is 0.500. The fourth-order valence-electron chi connectivity index (χ4n) is 2.45. The van der Waals surface area contributed by atoms with Crippen molar-refractivity contribution >= 4 is 29.9 Å². The first-order chi connectivity index (χ1) is 9.05. The summed E-state index contributed by atoms with van der Waals surface area (Å²) in [4.78, 5) is 12.1. The zero-order chi connectivity index (χ0) is 13.9. The largest absolute Gasteiger partial charge is 0.496 e. The van der Waals surface area contributed by atoms with Gasteiger partial charge in [-0.2, -0.15) is 0 Å². The number of hydrogen-bond donors (Lipinski definition) is 2. The van der Waals surface area contributed by atoms with E-state index < -0.39 is 5.54 Å². The van der Waals surface area contributed by atoms with Crippen LogP contribution in [-0.2, 0) is 11.3 Å². The Morgan fingerprint density at radius 2 is 2.10 bits per heavy atom. The van der Waals surface area contributed by atoms with Crippen molar-refractivity contribution < 1.29 is 9.53 Å². The summed E-state index contributed by atoms with van der Waals surface area (Å²) in [6.45, 7) is 0.401. The maximum Gasteiger partial charge on any atom is 0.240 e. The van der Waals surface area contributed by atoms with Gasteiger partial charge in [-0.05, 0) is 25.0 Å². The van der Waals surface area contributed by atoms with Gasteiger partial charge in [0.15, 0.2) is 0 Å². The van der Waals surface area contributed by atoms with Crippen LogP contribution in [0, 0.1) is 0 Å². The third kappa shape index (κ3) is 3.78. The molecule has 6 heteroatoms. The molecule has 3 N–H and O–H groups in total. The van der Waals surface area contributed by atoms with Gasteiger partial charge in [0, 0.05) is 17.1 Å². The second kappa shape index (κ2) is 7.16. The van der Waals surface area contributed by atoms with E-state index in [2.05, 4.69) is 5.32 Å². The van der Waals surface area contributed by atoms with Crippen molar-refractivity contribution in [1.82, 2.24) is 5.32 Å². The standard InChI is InChI=1S/C14H19ClN2O2.ClH/c1-19-12-8-11(15)5-4-10(12)9-17-13(18)14(16)6-2-3-7-14;/h4-5,8H,2-3,6-7,9,16H2,1H3,(H,17,18);1H. The van der Waals surface area contributed by atoms with E-state index >= 15 is 0 Å². The van der Waals surface area contributed by atoms with Crippen LogP contribution in [0.1, 0.15) is 31.2 Å². The number of benzene rings is 1. The van der Waals surface area contributed by atoms with E-state index in [0.29, 0.717) is 17.3 Å². The van der Waals surface area contributed by atoms with E-state index in [9.17, 15) is 4.79 Å². The second-order valence-corrected chi connectivity index (χ2v) is 5.44. The third-order valence-corrected chi connectivity index (χ3v) is 3.87. The number of rotatable bonds is 4. The van der Waals surface area contributed by atoms with E-state index in [1.54, 1.807) is 19.2 Å². The number of nitrogens with one attached hydrogen (secondary N) is 1. The molecule has 0 heterocycles. The van der Waals surface area contributed by atoms with Crippen LogP contribution in [0.4, 0.5) is 0 Å². The molecule has 0 unspecified atom stereocenters. The van der Waals surface area contributed by atoms with Crippen molar-refractivity contribution in [1.29, 1.82) is 0 Å². The summed E-state index contributed by atoms with van der Waals surface area (Å²) in [5, 5.41) is 3.50. The Hall–Kier alpha value is -0.970. The van der Waals surface area contributed by atoms with E-state index in [1.807, 2.05) is 6.07 Å². The van der Waals surface area contributed by atoms with Crippen LogP contribution in [0.3, 0.4) is 0 Å². The number of halogens is 2. The van der Waals surface area contributed by atoms with Crippen LogP contribution in [0.15, 0.2) is 18.2 Å². The highest BCUT2D eigenvalue weighted by molar-refractivity contribution is 6.30. The maximum atomic E-state index is 12.1. The molecular weight excluding hydrogens is 299 g/mol. The molecule has 0 radical (unpaired) electrons. The quantitative estimate of drug-likeness (QED) is 0.897. The number of methoxy groups -OCH3 is 1. The number of amides is 1. The van der Waals surface area contributed by atoms with Crippen LogP contribution < -0.4 is 15.8 Å². The molecule has 1 aliphatic carbocycles. The van der Waals surface area contributed by atoms with Gasteiger partial charge in [0.25, 0.3) is 0 Å². The lowest BCUT2D eigenvalue weighted by atomic mass is 9.98. The normalized spacial score (nSPS) is 16.4. The Labute approximate surface area is 130 Å². The molecule has 1 saturated carbocycles. The number of carbonyl (C=O) groups is 1. The van der Waals surface area contributed by atoms with Gasteiger partial charge in [-0.25, -0.2) is 0 Å². The first-order valence-corrected chi connectivity index (χ1v) is 6.82. The summed E-state index contributed by atoms with van der Waals surface area (Å²) in [5.41, 5.74) is 6.29. The lowest BCUT2D eigenvalue weighted by Gasteiger charge is -2.22. The molecule has 0 aliphatic heterocycles. The van der Waals surface area contributed by atoms with Crippen molar-refractivity contribution in [2.45, 2.75) is 37.8 Å². The highest BCUT2D eigenvalue weighted by Gasteiger charge is 2.36. The summed E-state index contributed by atoms with van der Waals surface area (Å²) in [5.74, 6) is 0.590. The van der Waals surface area contributed by atoms with Crippen LogP contribution in [0.5, 0.6) is 5.75 Å². The third-order valence-electron chi connectivity index (χ3n) is 3.64. The lowest BCUT2D eigenvalue weighted by Crippen LogP contribution is -2.51. The molecule has 1 amide bonds. The summed E-state index contributed by atoms with van der Waals surface area (Å²) in [6, 6.07) is 5.36. The molecule has 0 aromatic heterocycles. The van der Waals surface area contributed by atoms with Crippen molar-refractivity contribution in [3.05, 3.63) is 28.8 Å². The molecule has 0 saturated heterocycles. The maximum absolute atomic E-state index is 12.1. The number of nitrogens with two attached hydrogens (primary N) is 1. The van der Waals surface area contributed by atoms with Gasteiger partial charge in [-0.3, -0.25) is 4.79 Å². The Bertz CT molecular complexity index is 474. The molecule has 2 rings (SSSR count). The highest BCUT2D eigenvalue weighted by atomic mass is 35.5. The fourth-order valence-corrected chi connectivity index (χ4v) is 2.61. The monoisotopic (exact) mass is 318 g/mol. The molecule has 0 bridgehead atoms. The molecule has 4 nitrogen and oxygen atoms in total. The van der Waals surface area contributed by atoms with Crippen LogP contribution in [0.2, 0.25) is 5.02 Å². The Morgan fingerprint density at radius 1 is 1.45 bits per heavy atom. The van der Waals surface area contributed by atoms with Gasteiger partial charge >= 0.3 is 0 Å². The van der Waals surface area contributed by atoms with Gasteiger partial charge in [0.2, 0.25) is 5.91 Å². The van der Waals surface area contributed by atoms with Crippen molar-refractivity contribution in [3.63, 3.8) is 0 Å². The smallest absolute Gasteiger partial charge is 0.240 e.